The summed E-state index contributed by atoms with van der Waals surface area (Å²) in [5, 5.41) is 191. The Labute approximate surface area is 464 Å². The lowest BCUT2D eigenvalue weighted by Gasteiger charge is -2.47. The third-order valence-corrected chi connectivity index (χ3v) is 14.7. The van der Waals surface area contributed by atoms with Gasteiger partial charge >= 0.3 is 11.9 Å². The number of phenols is 2. The van der Waals surface area contributed by atoms with Crippen molar-refractivity contribution >= 4 is 22.9 Å². The first-order chi connectivity index (χ1) is 39.1. The van der Waals surface area contributed by atoms with E-state index in [1.54, 1.807) is 0 Å². The fourth-order valence-electron chi connectivity index (χ4n) is 10.00. The number of hydrogen-bond acceptors (Lipinski definition) is 32. The lowest BCUT2D eigenvalue weighted by molar-refractivity contribution is -0.374. The molecule has 6 aliphatic heterocycles. The maximum absolute atomic E-state index is 13.7. The Kier molecular flexibility index (Phi) is 18.8. The number of ether oxygens (including phenoxy) is 12. The Morgan fingerprint density at radius 3 is 1.37 bits per heavy atom. The van der Waals surface area contributed by atoms with Crippen molar-refractivity contribution in [3.63, 3.8) is 0 Å². The fourth-order valence-corrected chi connectivity index (χ4v) is 10.00. The van der Waals surface area contributed by atoms with Gasteiger partial charge in [0.25, 0.3) is 0 Å². The molecule has 28 atom stereocenters. The van der Waals surface area contributed by atoms with E-state index in [0.29, 0.717) is 0 Å². The molecule has 6 aliphatic rings. The molecule has 83 heavy (non-hydrogen) atoms. The largest absolute Gasteiger partial charge is 0.507 e. The highest BCUT2D eigenvalue weighted by molar-refractivity contribution is 5.86. The molecule has 0 spiro atoms. The standard InChI is InChI=1S/C49H62O34/c1-11-24(55)28(59)32(63)46(73-11)82-40-36(78-44-30(61)26(57)18(53)9-71-44)34(65)38(42(67)68)80-48(40)75-14-6-16(51)23-17(52)8-21(76-22(23)7-14)13-3-4-20(15(50)5-13)77-49-41(83-47-33(64)29(60)25(56)12(2)74-47)37(35(66)39(81-49)43(69)70)79-45-31(62)27(58)19(54)10-72-45/h3-8,11-12,18-19,24-41,44-51,53-66H,9-10H2,1-2H3,(H,67,68)(H,69,70). The van der Waals surface area contributed by atoms with Crippen molar-refractivity contribution in [1.29, 1.82) is 0 Å². The summed E-state index contributed by atoms with van der Waals surface area (Å²) in [6, 6.07) is 5.84. The normalized spacial score (nSPS) is 43.3. The van der Waals surface area contributed by atoms with Gasteiger partial charge in [-0.05, 0) is 32.0 Å². The van der Waals surface area contributed by atoms with Crippen molar-refractivity contribution in [1.82, 2.24) is 0 Å². The Morgan fingerprint density at radius 1 is 0.470 bits per heavy atom. The average molecular weight is 1200 g/mol. The Hall–Kier alpha value is -5.17. The second kappa shape index (κ2) is 25.0. The zero-order valence-corrected chi connectivity index (χ0v) is 43.1. The molecule has 0 bridgehead atoms. The van der Waals surface area contributed by atoms with Crippen molar-refractivity contribution < 1.29 is 163 Å². The first kappa shape index (κ1) is 62.4. The second-order valence-corrected chi connectivity index (χ2v) is 20.5. The summed E-state index contributed by atoms with van der Waals surface area (Å²) in [7, 11) is 0. The van der Waals surface area contributed by atoms with Gasteiger partial charge in [-0.25, -0.2) is 9.59 Å². The monoisotopic (exact) mass is 1190 g/mol. The van der Waals surface area contributed by atoms with Crippen LogP contribution in [0, 0.1) is 0 Å². The molecule has 0 radical (unpaired) electrons. The van der Waals surface area contributed by atoms with Gasteiger partial charge in [0.15, 0.2) is 66.5 Å². The molecule has 7 heterocycles. The van der Waals surface area contributed by atoms with Gasteiger partial charge in [-0.2, -0.15) is 0 Å². The van der Waals surface area contributed by atoms with Crippen LogP contribution in [0.5, 0.6) is 23.0 Å². The summed E-state index contributed by atoms with van der Waals surface area (Å²) in [5.41, 5.74) is -1.52. The predicted molar refractivity (Wildman–Crippen MR) is 257 cm³/mol. The number of benzene rings is 2. The van der Waals surface area contributed by atoms with Crippen LogP contribution in [0.15, 0.2) is 45.6 Å². The van der Waals surface area contributed by atoms with Crippen LogP contribution in [0.2, 0.25) is 0 Å². The molecular formula is C49H62O34. The van der Waals surface area contributed by atoms with E-state index < -0.39 is 237 Å². The van der Waals surface area contributed by atoms with Crippen LogP contribution >= 0.6 is 0 Å². The first-order valence-electron chi connectivity index (χ1n) is 25.6. The number of carboxylic acids is 2. The van der Waals surface area contributed by atoms with E-state index in [2.05, 4.69) is 0 Å². The molecule has 0 aliphatic carbocycles. The quantitative estimate of drug-likeness (QED) is 0.0672. The van der Waals surface area contributed by atoms with E-state index in [1.807, 2.05) is 0 Å². The number of carboxylic acid groups (broad SMARTS) is 2. The minimum Gasteiger partial charge on any atom is -0.507 e. The maximum Gasteiger partial charge on any atom is 0.335 e. The number of aliphatic hydroxyl groups excluding tert-OH is 14. The van der Waals surface area contributed by atoms with Gasteiger partial charge in [0.2, 0.25) is 12.6 Å². The van der Waals surface area contributed by atoms with Crippen LogP contribution < -0.4 is 14.9 Å². The van der Waals surface area contributed by atoms with Crippen LogP contribution in [0.3, 0.4) is 0 Å². The van der Waals surface area contributed by atoms with Crippen molar-refractivity contribution in [2.24, 2.45) is 0 Å². The summed E-state index contributed by atoms with van der Waals surface area (Å²) in [6.45, 7) is 1.31. The average Bonchev–Trinajstić information content (AvgIpc) is 3.64. The third kappa shape index (κ3) is 12.5. The molecule has 0 amide bonds. The summed E-state index contributed by atoms with van der Waals surface area (Å²) in [5.74, 6) is -6.75. The summed E-state index contributed by atoms with van der Waals surface area (Å²) < 4.78 is 74.3. The topological polar surface area (TPSA) is 539 Å². The number of phenolic OH excluding ortho intramolecular Hbond substituents is 2. The van der Waals surface area contributed by atoms with E-state index in [0.717, 1.165) is 30.3 Å². The minimum absolute atomic E-state index is 0.124. The Balaban J connectivity index is 1.02. The van der Waals surface area contributed by atoms with Crippen LogP contribution in [-0.2, 0) is 57.0 Å². The van der Waals surface area contributed by atoms with E-state index in [9.17, 15) is 106 Å². The summed E-state index contributed by atoms with van der Waals surface area (Å²) >= 11 is 0. The van der Waals surface area contributed by atoms with E-state index in [-0.39, 0.29) is 11.3 Å². The number of aliphatic hydroxyl groups is 14. The molecule has 9 rings (SSSR count). The van der Waals surface area contributed by atoms with Gasteiger partial charge in [0.1, 0.15) is 126 Å². The van der Waals surface area contributed by atoms with E-state index in [4.69, 9.17) is 61.3 Å². The molecule has 2 aromatic carbocycles. The highest BCUT2D eigenvalue weighted by Gasteiger charge is 2.58. The fraction of sp³-hybridized carbons (Fsp3) is 0.653. The molecule has 3 aromatic rings. The van der Waals surface area contributed by atoms with Gasteiger partial charge in [-0.15, -0.1) is 0 Å². The number of hydrogen-bond donors (Lipinski definition) is 18. The highest BCUT2D eigenvalue weighted by Crippen LogP contribution is 2.41. The smallest absolute Gasteiger partial charge is 0.335 e. The van der Waals surface area contributed by atoms with Gasteiger partial charge in [0.05, 0.1) is 25.4 Å². The molecular weight excluding hydrogens is 1130 g/mol. The number of aromatic hydroxyl groups is 2. The highest BCUT2D eigenvalue weighted by atomic mass is 16.8. The van der Waals surface area contributed by atoms with Crippen molar-refractivity contribution in [3.05, 3.63) is 46.6 Å². The number of aliphatic carboxylic acids is 2. The molecule has 0 saturated carbocycles. The molecule has 6 fully saturated rings. The number of fused-ring (bicyclic) bond motifs is 1. The van der Waals surface area contributed by atoms with Crippen molar-refractivity contribution in [2.45, 2.75) is 186 Å². The van der Waals surface area contributed by atoms with Gasteiger partial charge in [-0.3, -0.25) is 4.79 Å². The molecule has 18 N–H and O–H groups in total. The van der Waals surface area contributed by atoms with Crippen LogP contribution in [0.25, 0.3) is 22.3 Å². The maximum atomic E-state index is 13.7. The lowest BCUT2D eigenvalue weighted by atomic mass is 9.96. The Bertz CT molecular complexity index is 2820. The van der Waals surface area contributed by atoms with Crippen molar-refractivity contribution in [2.75, 3.05) is 13.2 Å². The number of carbonyl (C=O) groups is 2. The zero-order chi connectivity index (χ0) is 60.4. The third-order valence-electron chi connectivity index (χ3n) is 14.7. The zero-order valence-electron chi connectivity index (χ0n) is 43.1. The molecule has 1 aromatic heterocycles. The van der Waals surface area contributed by atoms with Crippen LogP contribution in [0.4, 0.5) is 0 Å². The lowest BCUT2D eigenvalue weighted by Crippen LogP contribution is -2.67. The molecule has 34 heteroatoms. The first-order valence-corrected chi connectivity index (χ1v) is 25.6. The summed E-state index contributed by atoms with van der Waals surface area (Å²) in [6.07, 6.45) is -54.1. The molecule has 34 nitrogen and oxygen atoms in total. The van der Waals surface area contributed by atoms with Gasteiger partial charge < -0.3 is 153 Å². The molecule has 28 unspecified atom stereocenters. The predicted octanol–water partition coefficient (Wildman–Crippen LogP) is -7.96. The SMILES string of the molecule is CC1OC(OC2C(Oc3cc(O)c4c(=O)cc(-c5ccc(OC6OC(C(=O)O)C(O)C(OC7OCC(O)C(O)C7O)C6OC6OC(C)C(O)C(O)C6O)c(O)c5)oc4c3)OC(C(=O)O)C(O)C2OC2OCC(O)C(O)C2O)C(O)C(O)C1O. The van der Waals surface area contributed by atoms with Crippen LogP contribution in [0.1, 0.15) is 13.8 Å². The van der Waals surface area contributed by atoms with E-state index in [1.165, 1.54) is 19.9 Å². The summed E-state index contributed by atoms with van der Waals surface area (Å²) in [4.78, 5) is 38.8. The van der Waals surface area contributed by atoms with Crippen molar-refractivity contribution in [3.8, 4) is 34.3 Å². The van der Waals surface area contributed by atoms with Crippen LogP contribution in [-0.4, -0.2) is 289 Å². The second-order valence-electron chi connectivity index (χ2n) is 20.5. The van der Waals surface area contributed by atoms with E-state index >= 15 is 0 Å². The minimum atomic E-state index is -2.28. The van der Waals surface area contributed by atoms with Gasteiger partial charge in [-0.1, -0.05) is 0 Å². The van der Waals surface area contributed by atoms with Gasteiger partial charge in [0, 0.05) is 23.8 Å². The number of rotatable bonds is 15. The Morgan fingerprint density at radius 2 is 0.916 bits per heavy atom. The molecule has 6 saturated heterocycles. The molecule has 462 valence electrons.